The number of carbonyl (C=O) groups is 1. The molecule has 0 saturated heterocycles. The van der Waals surface area contributed by atoms with Gasteiger partial charge in [0.15, 0.2) is 0 Å². The first-order valence-corrected chi connectivity index (χ1v) is 7.43. The molecule has 0 aliphatic rings. The van der Waals surface area contributed by atoms with E-state index in [4.69, 9.17) is 18.0 Å². The molecule has 1 rings (SSSR count). The van der Waals surface area contributed by atoms with Crippen LogP contribution in [-0.2, 0) is 19.6 Å². The summed E-state index contributed by atoms with van der Waals surface area (Å²) in [5.41, 5.74) is 5.50. The van der Waals surface area contributed by atoms with Crippen LogP contribution in [0.2, 0.25) is 0 Å². The monoisotopic (exact) mass is 317 g/mol. The smallest absolute Gasteiger partial charge is 0.306 e. The summed E-state index contributed by atoms with van der Waals surface area (Å²) in [7, 11) is -1.23. The Kier molecular flexibility index (Phi) is 5.54. The van der Waals surface area contributed by atoms with Crippen LogP contribution in [-0.4, -0.2) is 49.4 Å². The zero-order valence-electron chi connectivity index (χ0n) is 11.1. The molecule has 7 nitrogen and oxygen atoms in total. The molecule has 110 valence electrons. The van der Waals surface area contributed by atoms with Gasteiger partial charge in [-0.2, -0.15) is 0 Å². The van der Waals surface area contributed by atoms with Crippen LogP contribution < -0.4 is 5.73 Å². The van der Waals surface area contributed by atoms with Crippen molar-refractivity contribution in [1.82, 2.24) is 9.29 Å². The second-order valence-corrected chi connectivity index (χ2v) is 6.32. The Morgan fingerprint density at radius 1 is 1.55 bits per heavy atom. The van der Waals surface area contributed by atoms with Crippen LogP contribution in [0.5, 0.6) is 0 Å². The highest BCUT2D eigenvalue weighted by molar-refractivity contribution is 7.89. The first-order valence-electron chi connectivity index (χ1n) is 5.58. The largest absolute Gasteiger partial charge is 0.469 e. The van der Waals surface area contributed by atoms with Gasteiger partial charge >= 0.3 is 5.97 Å². The zero-order chi connectivity index (χ0) is 15.3. The van der Waals surface area contributed by atoms with Gasteiger partial charge in [-0.3, -0.25) is 9.78 Å². The van der Waals surface area contributed by atoms with Crippen LogP contribution in [0.15, 0.2) is 23.2 Å². The predicted octanol–water partition coefficient (Wildman–Crippen LogP) is -0.101. The number of hydrogen-bond acceptors (Lipinski definition) is 6. The molecule has 20 heavy (non-hydrogen) atoms. The standard InChI is InChI=1S/C11H15N3O4S2/c1-14(7-5-9(15)18-2)20(16,17)8-4-3-6-13-10(8)11(12)19/h3-4,6H,5,7H2,1-2H3,(H2,12,19). The second-order valence-electron chi connectivity index (χ2n) is 3.87. The molecule has 0 spiro atoms. The molecular formula is C11H15N3O4S2. The summed E-state index contributed by atoms with van der Waals surface area (Å²) in [4.78, 5) is 14.7. The third kappa shape index (κ3) is 3.71. The molecule has 0 bridgehead atoms. The van der Waals surface area contributed by atoms with Crippen molar-refractivity contribution in [2.24, 2.45) is 5.73 Å². The molecule has 0 unspecified atom stereocenters. The summed E-state index contributed by atoms with van der Waals surface area (Å²) in [5, 5.41) is 0. The van der Waals surface area contributed by atoms with Crippen molar-refractivity contribution < 1.29 is 17.9 Å². The van der Waals surface area contributed by atoms with Gasteiger partial charge in [-0.15, -0.1) is 0 Å². The van der Waals surface area contributed by atoms with E-state index in [2.05, 4.69) is 9.72 Å². The predicted molar refractivity (Wildman–Crippen MR) is 76.6 cm³/mol. The fourth-order valence-corrected chi connectivity index (χ4v) is 2.97. The summed E-state index contributed by atoms with van der Waals surface area (Å²) in [5.74, 6) is -0.493. The maximum absolute atomic E-state index is 12.4. The van der Waals surface area contributed by atoms with Crippen molar-refractivity contribution in [3.05, 3.63) is 24.0 Å². The van der Waals surface area contributed by atoms with E-state index in [1.807, 2.05) is 0 Å². The molecule has 1 aromatic heterocycles. The van der Waals surface area contributed by atoms with E-state index < -0.39 is 16.0 Å². The normalized spacial score (nSPS) is 11.3. The van der Waals surface area contributed by atoms with Crippen LogP contribution in [0, 0.1) is 0 Å². The number of thiocarbonyl (C=S) groups is 1. The molecule has 0 fully saturated rings. The highest BCUT2D eigenvalue weighted by Crippen LogP contribution is 2.17. The second kappa shape index (κ2) is 6.73. The van der Waals surface area contributed by atoms with E-state index in [0.29, 0.717) is 0 Å². The van der Waals surface area contributed by atoms with E-state index in [9.17, 15) is 13.2 Å². The van der Waals surface area contributed by atoms with Crippen LogP contribution in [0.1, 0.15) is 12.1 Å². The molecule has 2 N–H and O–H groups in total. The van der Waals surface area contributed by atoms with Crippen molar-refractivity contribution in [2.45, 2.75) is 11.3 Å². The summed E-state index contributed by atoms with van der Waals surface area (Å²) < 4.78 is 30.3. The molecule has 1 heterocycles. The summed E-state index contributed by atoms with van der Waals surface area (Å²) >= 11 is 4.79. The fraction of sp³-hybridized carbons (Fsp3) is 0.364. The van der Waals surface area contributed by atoms with Crippen LogP contribution in [0.25, 0.3) is 0 Å². The fourth-order valence-electron chi connectivity index (χ4n) is 1.42. The molecular weight excluding hydrogens is 302 g/mol. The molecule has 9 heteroatoms. The van der Waals surface area contributed by atoms with Gasteiger partial charge in [0.05, 0.1) is 13.5 Å². The number of nitrogens with zero attached hydrogens (tertiary/aromatic N) is 2. The Hall–Kier alpha value is -1.58. The summed E-state index contributed by atoms with van der Waals surface area (Å²) in [6.45, 7) is -0.0132. The van der Waals surface area contributed by atoms with Gasteiger partial charge in [0.25, 0.3) is 0 Å². The van der Waals surface area contributed by atoms with Gasteiger partial charge in [-0.1, -0.05) is 12.2 Å². The summed E-state index contributed by atoms with van der Waals surface area (Å²) in [6, 6.07) is 2.84. The Balaban J connectivity index is 3.05. The number of sulfonamides is 1. The SMILES string of the molecule is COC(=O)CCN(C)S(=O)(=O)c1cccnc1C(N)=S. The third-order valence-corrected chi connectivity index (χ3v) is 4.63. The average molecular weight is 317 g/mol. The van der Waals surface area contributed by atoms with E-state index in [1.54, 1.807) is 0 Å². The first kappa shape index (κ1) is 16.5. The van der Waals surface area contributed by atoms with Gasteiger partial charge < -0.3 is 10.5 Å². The molecule has 0 aliphatic carbocycles. The Morgan fingerprint density at radius 2 is 2.20 bits per heavy atom. The van der Waals surface area contributed by atoms with Crippen molar-refractivity contribution in [3.63, 3.8) is 0 Å². The minimum Gasteiger partial charge on any atom is -0.469 e. The molecule has 0 aliphatic heterocycles. The minimum absolute atomic E-state index is 0.0132. The Bertz CT molecular complexity index is 616. The maximum atomic E-state index is 12.4. The van der Waals surface area contributed by atoms with Crippen molar-refractivity contribution in [2.75, 3.05) is 20.7 Å². The highest BCUT2D eigenvalue weighted by Gasteiger charge is 2.25. The van der Waals surface area contributed by atoms with Crippen molar-refractivity contribution in [1.29, 1.82) is 0 Å². The van der Waals surface area contributed by atoms with Crippen LogP contribution >= 0.6 is 12.2 Å². The molecule has 0 radical (unpaired) electrons. The minimum atomic E-state index is -3.82. The summed E-state index contributed by atoms with van der Waals surface area (Å²) in [6.07, 6.45) is 1.36. The molecule has 0 saturated carbocycles. The number of carbonyl (C=O) groups excluding carboxylic acids is 1. The zero-order valence-corrected chi connectivity index (χ0v) is 12.7. The lowest BCUT2D eigenvalue weighted by atomic mass is 10.3. The topological polar surface area (TPSA) is 103 Å². The lowest BCUT2D eigenvalue weighted by Gasteiger charge is -2.17. The van der Waals surface area contributed by atoms with Gasteiger partial charge in [-0.05, 0) is 12.1 Å². The van der Waals surface area contributed by atoms with E-state index in [1.165, 1.54) is 32.5 Å². The van der Waals surface area contributed by atoms with Gasteiger partial charge in [0.1, 0.15) is 15.6 Å². The van der Waals surface area contributed by atoms with E-state index in [0.717, 1.165) is 4.31 Å². The third-order valence-electron chi connectivity index (χ3n) is 2.55. The van der Waals surface area contributed by atoms with Gasteiger partial charge in [-0.25, -0.2) is 12.7 Å². The highest BCUT2D eigenvalue weighted by atomic mass is 32.2. The molecule has 0 aromatic carbocycles. The molecule has 0 amide bonds. The van der Waals surface area contributed by atoms with Crippen LogP contribution in [0.4, 0.5) is 0 Å². The van der Waals surface area contributed by atoms with Crippen molar-refractivity contribution >= 4 is 33.2 Å². The lowest BCUT2D eigenvalue weighted by molar-refractivity contribution is -0.140. The quantitative estimate of drug-likeness (QED) is 0.577. The van der Waals surface area contributed by atoms with Crippen molar-refractivity contribution in [3.8, 4) is 0 Å². The number of esters is 1. The Labute approximate surface area is 122 Å². The number of aromatic nitrogens is 1. The average Bonchev–Trinajstić information content (AvgIpc) is 2.43. The maximum Gasteiger partial charge on any atom is 0.306 e. The number of nitrogens with two attached hydrogens (primary N) is 1. The number of hydrogen-bond donors (Lipinski definition) is 1. The number of rotatable bonds is 6. The first-order chi connectivity index (χ1) is 9.30. The van der Waals surface area contributed by atoms with Gasteiger partial charge in [0, 0.05) is 19.8 Å². The van der Waals surface area contributed by atoms with E-state index in [-0.39, 0.29) is 28.5 Å². The lowest BCUT2D eigenvalue weighted by Crippen LogP contribution is -2.31. The number of methoxy groups -OCH3 is 1. The Morgan fingerprint density at radius 3 is 2.75 bits per heavy atom. The van der Waals surface area contributed by atoms with Crippen LogP contribution in [0.3, 0.4) is 0 Å². The van der Waals surface area contributed by atoms with Gasteiger partial charge in [0.2, 0.25) is 10.0 Å². The molecule has 1 aromatic rings. The number of ether oxygens (including phenoxy) is 1. The number of pyridine rings is 1. The van der Waals surface area contributed by atoms with E-state index >= 15 is 0 Å². The molecule has 0 atom stereocenters.